The minimum Gasteiger partial charge on any atom is -0.459 e. The molecule has 2 aliphatic heterocycles. The fourth-order valence-electron chi connectivity index (χ4n) is 3.75. The normalized spacial score (nSPS) is 24.6. The van der Waals surface area contributed by atoms with Crippen molar-refractivity contribution in [3.63, 3.8) is 0 Å². The lowest BCUT2D eigenvalue weighted by atomic mass is 9.93. The first-order chi connectivity index (χ1) is 12.3. The first kappa shape index (κ1) is 16.3. The molecule has 4 rings (SSSR count). The molecule has 0 N–H and O–H groups in total. The fraction of sp³-hybridized carbons (Fsp3) is 0.474. The van der Waals surface area contributed by atoms with Crippen molar-refractivity contribution >= 4 is 5.91 Å². The Bertz CT molecular complexity index is 689. The Kier molecular flexibility index (Phi) is 4.81. The molecule has 6 heteroatoms. The highest BCUT2D eigenvalue weighted by molar-refractivity contribution is 5.91. The molecule has 0 radical (unpaired) electrons. The lowest BCUT2D eigenvalue weighted by Crippen LogP contribution is -2.49. The SMILES string of the molecule is O=C(c1ccco1)N1CC[C@@H]2CN(Cc3cccnc3)CCO[C@@H]2C1. The van der Waals surface area contributed by atoms with Crippen LogP contribution in [0.3, 0.4) is 0 Å². The van der Waals surface area contributed by atoms with E-state index in [4.69, 9.17) is 9.15 Å². The molecule has 0 spiro atoms. The summed E-state index contributed by atoms with van der Waals surface area (Å²) >= 11 is 0. The van der Waals surface area contributed by atoms with E-state index >= 15 is 0 Å². The average Bonchev–Trinajstić information content (AvgIpc) is 3.10. The van der Waals surface area contributed by atoms with Gasteiger partial charge >= 0.3 is 0 Å². The van der Waals surface area contributed by atoms with Gasteiger partial charge in [0, 0.05) is 51.0 Å². The summed E-state index contributed by atoms with van der Waals surface area (Å²) in [6.45, 7) is 4.91. The van der Waals surface area contributed by atoms with Gasteiger partial charge in [-0.05, 0) is 30.2 Å². The zero-order valence-corrected chi connectivity index (χ0v) is 14.2. The number of piperidine rings is 1. The highest BCUT2D eigenvalue weighted by atomic mass is 16.5. The number of aromatic nitrogens is 1. The van der Waals surface area contributed by atoms with Gasteiger partial charge in [-0.1, -0.05) is 6.07 Å². The Balaban J connectivity index is 1.38. The van der Waals surface area contributed by atoms with Gasteiger partial charge in [0.25, 0.3) is 5.91 Å². The van der Waals surface area contributed by atoms with Gasteiger partial charge < -0.3 is 14.1 Å². The Labute approximate surface area is 147 Å². The van der Waals surface area contributed by atoms with Crippen LogP contribution < -0.4 is 0 Å². The van der Waals surface area contributed by atoms with Gasteiger partial charge in [-0.15, -0.1) is 0 Å². The number of likely N-dealkylation sites (tertiary alicyclic amines) is 1. The smallest absolute Gasteiger partial charge is 0.289 e. The van der Waals surface area contributed by atoms with Crippen LogP contribution in [-0.4, -0.2) is 59.6 Å². The van der Waals surface area contributed by atoms with E-state index in [2.05, 4.69) is 16.0 Å². The number of amides is 1. The molecule has 0 saturated carbocycles. The van der Waals surface area contributed by atoms with Gasteiger partial charge in [0.05, 0.1) is 19.0 Å². The average molecular weight is 341 g/mol. The highest BCUT2D eigenvalue weighted by Crippen LogP contribution is 2.26. The van der Waals surface area contributed by atoms with Gasteiger partial charge in [-0.2, -0.15) is 0 Å². The summed E-state index contributed by atoms with van der Waals surface area (Å²) in [5.41, 5.74) is 1.23. The third-order valence-electron chi connectivity index (χ3n) is 5.08. The Morgan fingerprint density at radius 1 is 1.24 bits per heavy atom. The molecule has 2 aromatic heterocycles. The van der Waals surface area contributed by atoms with Crippen LogP contribution in [0.2, 0.25) is 0 Å². The maximum Gasteiger partial charge on any atom is 0.289 e. The molecular formula is C19H23N3O3. The quantitative estimate of drug-likeness (QED) is 0.855. The second-order valence-electron chi connectivity index (χ2n) is 6.78. The van der Waals surface area contributed by atoms with Crippen LogP contribution in [0.1, 0.15) is 22.5 Å². The fourth-order valence-corrected chi connectivity index (χ4v) is 3.75. The number of furan rings is 1. The first-order valence-electron chi connectivity index (χ1n) is 8.85. The molecule has 0 aliphatic carbocycles. The van der Waals surface area contributed by atoms with Gasteiger partial charge in [-0.25, -0.2) is 0 Å². The van der Waals surface area contributed by atoms with E-state index in [0.717, 1.165) is 32.6 Å². The molecule has 2 fully saturated rings. The molecule has 132 valence electrons. The Morgan fingerprint density at radius 3 is 3.00 bits per heavy atom. The zero-order chi connectivity index (χ0) is 17.1. The minimum atomic E-state index is -0.0384. The van der Waals surface area contributed by atoms with Crippen LogP contribution in [0.25, 0.3) is 0 Å². The van der Waals surface area contributed by atoms with E-state index in [9.17, 15) is 4.79 Å². The van der Waals surface area contributed by atoms with Crippen molar-refractivity contribution < 1.29 is 13.9 Å². The molecule has 4 heterocycles. The van der Waals surface area contributed by atoms with E-state index < -0.39 is 0 Å². The number of ether oxygens (including phenoxy) is 1. The maximum absolute atomic E-state index is 12.5. The standard InChI is InChI=1S/C19H23N3O3/c23-19(17-4-2-9-24-17)22-7-5-16-13-21(8-10-25-18(16)14-22)12-15-3-1-6-20-11-15/h1-4,6,9,11,16,18H,5,7-8,10,12-14H2/t16-,18-/m1/s1. The summed E-state index contributed by atoms with van der Waals surface area (Å²) in [4.78, 5) is 21.0. The van der Waals surface area contributed by atoms with Gasteiger partial charge in [0.2, 0.25) is 0 Å². The van der Waals surface area contributed by atoms with Gasteiger partial charge in [0.15, 0.2) is 5.76 Å². The molecule has 2 atom stereocenters. The van der Waals surface area contributed by atoms with Crippen molar-refractivity contribution in [1.29, 1.82) is 0 Å². The van der Waals surface area contributed by atoms with Crippen LogP contribution in [0, 0.1) is 5.92 Å². The number of hydrogen-bond acceptors (Lipinski definition) is 5. The lowest BCUT2D eigenvalue weighted by Gasteiger charge is -2.37. The molecule has 1 amide bonds. The number of fused-ring (bicyclic) bond motifs is 1. The van der Waals surface area contributed by atoms with E-state index in [1.807, 2.05) is 17.2 Å². The summed E-state index contributed by atoms with van der Waals surface area (Å²) in [6, 6.07) is 7.56. The molecule has 0 bridgehead atoms. The van der Waals surface area contributed by atoms with Crippen LogP contribution in [-0.2, 0) is 11.3 Å². The molecule has 0 aromatic carbocycles. The predicted molar refractivity (Wildman–Crippen MR) is 92.0 cm³/mol. The van der Waals surface area contributed by atoms with E-state index in [1.165, 1.54) is 5.56 Å². The van der Waals surface area contributed by atoms with Crippen molar-refractivity contribution in [2.75, 3.05) is 32.8 Å². The molecular weight excluding hydrogens is 318 g/mol. The second kappa shape index (κ2) is 7.37. The van der Waals surface area contributed by atoms with E-state index in [0.29, 0.717) is 24.8 Å². The summed E-state index contributed by atoms with van der Waals surface area (Å²) in [5, 5.41) is 0. The third-order valence-corrected chi connectivity index (χ3v) is 5.08. The molecule has 0 unspecified atom stereocenters. The third kappa shape index (κ3) is 3.75. The van der Waals surface area contributed by atoms with Crippen LogP contribution in [0.15, 0.2) is 47.3 Å². The monoisotopic (exact) mass is 341 g/mol. The van der Waals surface area contributed by atoms with Crippen LogP contribution >= 0.6 is 0 Å². The molecule has 2 saturated heterocycles. The van der Waals surface area contributed by atoms with Crippen molar-refractivity contribution in [3.05, 3.63) is 54.2 Å². The summed E-state index contributed by atoms with van der Waals surface area (Å²) in [6.07, 6.45) is 6.33. The van der Waals surface area contributed by atoms with Crippen molar-refractivity contribution in [1.82, 2.24) is 14.8 Å². The van der Waals surface area contributed by atoms with Crippen molar-refractivity contribution in [2.24, 2.45) is 5.92 Å². The number of pyridine rings is 1. The summed E-state index contributed by atoms with van der Waals surface area (Å²) in [7, 11) is 0. The first-order valence-corrected chi connectivity index (χ1v) is 8.85. The number of nitrogens with zero attached hydrogens (tertiary/aromatic N) is 3. The number of rotatable bonds is 3. The highest BCUT2D eigenvalue weighted by Gasteiger charge is 2.35. The molecule has 2 aromatic rings. The summed E-state index contributed by atoms with van der Waals surface area (Å²) in [5.74, 6) is 0.827. The Morgan fingerprint density at radius 2 is 2.20 bits per heavy atom. The van der Waals surface area contributed by atoms with E-state index in [1.54, 1.807) is 24.6 Å². The number of carbonyl (C=O) groups is 1. The number of carbonyl (C=O) groups excluding carboxylic acids is 1. The molecule has 6 nitrogen and oxygen atoms in total. The van der Waals surface area contributed by atoms with Crippen molar-refractivity contribution in [2.45, 2.75) is 19.1 Å². The van der Waals surface area contributed by atoms with Crippen LogP contribution in [0.4, 0.5) is 0 Å². The topological polar surface area (TPSA) is 58.8 Å². The zero-order valence-electron chi connectivity index (χ0n) is 14.2. The lowest BCUT2D eigenvalue weighted by molar-refractivity contribution is -0.0179. The number of hydrogen-bond donors (Lipinski definition) is 0. The maximum atomic E-state index is 12.5. The predicted octanol–water partition coefficient (Wildman–Crippen LogP) is 2.04. The van der Waals surface area contributed by atoms with Crippen molar-refractivity contribution in [3.8, 4) is 0 Å². The summed E-state index contributed by atoms with van der Waals surface area (Å²) < 4.78 is 11.3. The van der Waals surface area contributed by atoms with Gasteiger partial charge in [-0.3, -0.25) is 14.7 Å². The molecule has 25 heavy (non-hydrogen) atoms. The largest absolute Gasteiger partial charge is 0.459 e. The second-order valence-corrected chi connectivity index (χ2v) is 6.78. The van der Waals surface area contributed by atoms with Crippen LogP contribution in [0.5, 0.6) is 0 Å². The van der Waals surface area contributed by atoms with Gasteiger partial charge in [0.1, 0.15) is 0 Å². The van der Waals surface area contributed by atoms with E-state index in [-0.39, 0.29) is 12.0 Å². The Hall–Kier alpha value is -2.18. The minimum absolute atomic E-state index is 0.0384. The molecule has 2 aliphatic rings.